The monoisotopic (exact) mass is 326 g/mol. The van der Waals surface area contributed by atoms with E-state index in [-0.39, 0.29) is 11.8 Å². The van der Waals surface area contributed by atoms with Crippen LogP contribution in [0.5, 0.6) is 5.75 Å². The predicted molar refractivity (Wildman–Crippen MR) is 93.3 cm³/mol. The van der Waals surface area contributed by atoms with Gasteiger partial charge in [-0.05, 0) is 44.0 Å². The van der Waals surface area contributed by atoms with Gasteiger partial charge in [0.15, 0.2) is 5.82 Å². The Morgan fingerprint density at radius 1 is 1.29 bits per heavy atom. The van der Waals surface area contributed by atoms with Gasteiger partial charge in [-0.25, -0.2) is 0 Å². The largest absolute Gasteiger partial charge is 0.497 e. The topological polar surface area (TPSA) is 67.3 Å². The van der Waals surface area contributed by atoms with E-state index in [9.17, 15) is 4.79 Å². The summed E-state index contributed by atoms with van der Waals surface area (Å²) in [5.74, 6) is 1.54. The molecule has 24 heavy (non-hydrogen) atoms. The van der Waals surface area contributed by atoms with E-state index in [0.29, 0.717) is 6.54 Å². The summed E-state index contributed by atoms with van der Waals surface area (Å²) in [6, 6.07) is 11.3. The number of hydrogen-bond donors (Lipinski definition) is 1. The first kappa shape index (κ1) is 16.2. The number of benzene rings is 1. The molecule has 1 atom stereocenters. The van der Waals surface area contributed by atoms with Gasteiger partial charge in [0, 0.05) is 24.8 Å². The van der Waals surface area contributed by atoms with E-state index >= 15 is 0 Å². The van der Waals surface area contributed by atoms with Gasteiger partial charge in [-0.15, -0.1) is 5.10 Å². The molecule has 126 valence electrons. The van der Waals surface area contributed by atoms with Gasteiger partial charge in [0.05, 0.1) is 18.7 Å². The molecular weight excluding hydrogens is 304 g/mol. The van der Waals surface area contributed by atoms with Crippen LogP contribution in [0.2, 0.25) is 0 Å². The Labute approximate surface area is 141 Å². The van der Waals surface area contributed by atoms with Crippen molar-refractivity contribution in [3.05, 3.63) is 42.1 Å². The summed E-state index contributed by atoms with van der Waals surface area (Å²) in [6.07, 6.45) is 1.84. The molecule has 0 spiro atoms. The van der Waals surface area contributed by atoms with Gasteiger partial charge in [0.2, 0.25) is 5.91 Å². The highest BCUT2D eigenvalue weighted by Gasteiger charge is 2.26. The van der Waals surface area contributed by atoms with E-state index in [1.807, 2.05) is 43.3 Å². The van der Waals surface area contributed by atoms with Crippen molar-refractivity contribution >= 4 is 17.4 Å². The number of nitrogens with zero attached hydrogens (tertiary/aromatic N) is 3. The van der Waals surface area contributed by atoms with Gasteiger partial charge in [-0.1, -0.05) is 6.07 Å². The summed E-state index contributed by atoms with van der Waals surface area (Å²) < 4.78 is 5.19. The highest BCUT2D eigenvalue weighted by Crippen LogP contribution is 2.23. The highest BCUT2D eigenvalue weighted by molar-refractivity contribution is 5.93. The van der Waals surface area contributed by atoms with Crippen LogP contribution in [0.1, 0.15) is 18.5 Å². The van der Waals surface area contributed by atoms with E-state index in [1.54, 1.807) is 7.11 Å². The number of piperidine rings is 1. The van der Waals surface area contributed by atoms with Crippen molar-refractivity contribution in [3.63, 3.8) is 0 Å². The third-order valence-corrected chi connectivity index (χ3v) is 4.24. The molecule has 6 heteroatoms. The second kappa shape index (κ2) is 7.29. The van der Waals surface area contributed by atoms with Gasteiger partial charge in [0.25, 0.3) is 0 Å². The molecular formula is C18H22N4O2. The molecule has 3 rings (SSSR count). The number of carbonyl (C=O) groups excluding carboxylic acids is 1. The number of rotatable bonds is 4. The molecule has 1 aliphatic rings. The first-order valence-electron chi connectivity index (χ1n) is 8.16. The molecule has 0 saturated carbocycles. The van der Waals surface area contributed by atoms with Gasteiger partial charge in [-0.2, -0.15) is 5.10 Å². The van der Waals surface area contributed by atoms with E-state index in [2.05, 4.69) is 20.4 Å². The van der Waals surface area contributed by atoms with E-state index in [1.165, 1.54) is 0 Å². The summed E-state index contributed by atoms with van der Waals surface area (Å²) in [5.41, 5.74) is 1.65. The maximum atomic E-state index is 12.6. The van der Waals surface area contributed by atoms with Crippen molar-refractivity contribution in [2.75, 3.05) is 30.4 Å². The van der Waals surface area contributed by atoms with Gasteiger partial charge >= 0.3 is 0 Å². The van der Waals surface area contributed by atoms with Crippen molar-refractivity contribution < 1.29 is 9.53 Å². The number of aromatic nitrogens is 2. The number of amides is 1. The summed E-state index contributed by atoms with van der Waals surface area (Å²) >= 11 is 0. The molecule has 2 aromatic rings. The summed E-state index contributed by atoms with van der Waals surface area (Å²) in [5, 5.41) is 11.3. The lowest BCUT2D eigenvalue weighted by Gasteiger charge is -2.32. The van der Waals surface area contributed by atoms with Crippen molar-refractivity contribution in [2.24, 2.45) is 5.92 Å². The Morgan fingerprint density at radius 2 is 2.17 bits per heavy atom. The molecule has 0 bridgehead atoms. The Kier molecular flexibility index (Phi) is 4.93. The Hall–Kier alpha value is -2.63. The molecule has 1 fully saturated rings. The van der Waals surface area contributed by atoms with Gasteiger partial charge < -0.3 is 15.0 Å². The van der Waals surface area contributed by atoms with Crippen LogP contribution in [0.4, 0.5) is 11.5 Å². The van der Waals surface area contributed by atoms with Crippen LogP contribution in [0, 0.1) is 12.8 Å². The van der Waals surface area contributed by atoms with E-state index in [4.69, 9.17) is 4.74 Å². The molecule has 1 aromatic carbocycles. The van der Waals surface area contributed by atoms with Crippen LogP contribution in [-0.2, 0) is 4.79 Å². The smallest absolute Gasteiger partial charge is 0.229 e. The number of hydrogen-bond acceptors (Lipinski definition) is 5. The molecule has 0 radical (unpaired) electrons. The average molecular weight is 326 g/mol. The quantitative estimate of drug-likeness (QED) is 0.935. The third kappa shape index (κ3) is 3.82. The summed E-state index contributed by atoms with van der Waals surface area (Å²) in [4.78, 5) is 14.7. The van der Waals surface area contributed by atoms with Crippen LogP contribution >= 0.6 is 0 Å². The maximum absolute atomic E-state index is 12.6. The minimum atomic E-state index is -0.0620. The number of ether oxygens (including phenoxy) is 1. The van der Waals surface area contributed by atoms with E-state index < -0.39 is 0 Å². The normalized spacial score (nSPS) is 17.4. The lowest BCUT2D eigenvalue weighted by molar-refractivity contribution is -0.120. The van der Waals surface area contributed by atoms with Crippen LogP contribution in [-0.4, -0.2) is 36.3 Å². The fraction of sp³-hybridized carbons (Fsp3) is 0.389. The molecule has 1 aromatic heterocycles. The average Bonchev–Trinajstić information content (AvgIpc) is 2.62. The molecule has 1 N–H and O–H groups in total. The Balaban J connectivity index is 1.65. The number of carbonyl (C=O) groups is 1. The Bertz CT molecular complexity index is 702. The minimum Gasteiger partial charge on any atom is -0.497 e. The van der Waals surface area contributed by atoms with Crippen LogP contribution in [0.15, 0.2) is 36.4 Å². The summed E-state index contributed by atoms with van der Waals surface area (Å²) in [7, 11) is 1.61. The zero-order valence-corrected chi connectivity index (χ0v) is 14.0. The Morgan fingerprint density at radius 3 is 2.92 bits per heavy atom. The first-order chi connectivity index (χ1) is 11.7. The molecule has 0 aliphatic carbocycles. The number of aryl methyl sites for hydroxylation is 1. The fourth-order valence-electron chi connectivity index (χ4n) is 2.90. The molecule has 1 amide bonds. The predicted octanol–water partition coefficient (Wildman–Crippen LogP) is 2.65. The van der Waals surface area contributed by atoms with Gasteiger partial charge in [-0.3, -0.25) is 4.79 Å². The molecule has 1 unspecified atom stereocenters. The number of anilines is 2. The van der Waals surface area contributed by atoms with Crippen molar-refractivity contribution in [1.82, 2.24) is 10.2 Å². The molecule has 1 saturated heterocycles. The second-order valence-corrected chi connectivity index (χ2v) is 6.04. The molecule has 2 heterocycles. The summed E-state index contributed by atoms with van der Waals surface area (Å²) in [6.45, 7) is 3.48. The number of methoxy groups -OCH3 is 1. The van der Waals surface area contributed by atoms with Crippen molar-refractivity contribution in [2.45, 2.75) is 19.8 Å². The van der Waals surface area contributed by atoms with E-state index in [0.717, 1.165) is 42.3 Å². The van der Waals surface area contributed by atoms with Crippen molar-refractivity contribution in [1.29, 1.82) is 0 Å². The zero-order chi connectivity index (χ0) is 16.9. The van der Waals surface area contributed by atoms with Gasteiger partial charge in [0.1, 0.15) is 5.75 Å². The highest BCUT2D eigenvalue weighted by atomic mass is 16.5. The third-order valence-electron chi connectivity index (χ3n) is 4.24. The fourth-order valence-corrected chi connectivity index (χ4v) is 2.90. The standard InChI is InChI=1S/C18H22N4O2/c1-13-8-9-17(21-20-13)22-10-4-5-14(12-22)18(23)19-15-6-3-7-16(11-15)24-2/h3,6-9,11,14H,4-5,10,12H2,1-2H3,(H,19,23). The minimum absolute atomic E-state index is 0.0352. The molecule has 6 nitrogen and oxygen atoms in total. The lowest BCUT2D eigenvalue weighted by atomic mass is 9.97. The van der Waals surface area contributed by atoms with Crippen LogP contribution in [0.3, 0.4) is 0 Å². The van der Waals surface area contributed by atoms with Crippen LogP contribution < -0.4 is 15.0 Å². The maximum Gasteiger partial charge on any atom is 0.229 e. The first-order valence-corrected chi connectivity index (χ1v) is 8.16. The van der Waals surface area contributed by atoms with Crippen LogP contribution in [0.25, 0.3) is 0 Å². The van der Waals surface area contributed by atoms with Crippen molar-refractivity contribution in [3.8, 4) is 5.75 Å². The molecule has 1 aliphatic heterocycles. The number of nitrogens with one attached hydrogen (secondary N) is 1. The zero-order valence-electron chi connectivity index (χ0n) is 14.0. The lowest BCUT2D eigenvalue weighted by Crippen LogP contribution is -2.41. The second-order valence-electron chi connectivity index (χ2n) is 6.04. The SMILES string of the molecule is COc1cccc(NC(=O)C2CCCN(c3ccc(C)nn3)C2)c1.